The maximum Gasteiger partial charge on any atom is 0.155 e. The average Bonchev–Trinajstić information content (AvgIpc) is 2.24. The molecule has 1 aliphatic rings. The molecule has 0 amide bonds. The molecular formula is C16H22O2. The third-order valence-electron chi connectivity index (χ3n) is 3.56. The Morgan fingerprint density at radius 1 is 1.22 bits per heavy atom. The van der Waals surface area contributed by atoms with Gasteiger partial charge in [0.1, 0.15) is 6.10 Å². The first-order valence-corrected chi connectivity index (χ1v) is 6.36. The molecule has 18 heavy (non-hydrogen) atoms. The van der Waals surface area contributed by atoms with Crippen LogP contribution in [0.1, 0.15) is 45.7 Å². The predicted molar refractivity (Wildman–Crippen MR) is 73.9 cm³/mol. The Kier molecular flexibility index (Phi) is 3.12. The normalized spacial score (nSPS) is 27.7. The minimum atomic E-state index is -0.355. The number of hydrogen-bond acceptors (Lipinski definition) is 2. The van der Waals surface area contributed by atoms with Crippen molar-refractivity contribution >= 4 is 5.57 Å². The number of hydrogen-bond donors (Lipinski definition) is 0. The lowest BCUT2D eigenvalue weighted by atomic mass is 9.75. The molecule has 0 spiro atoms. The van der Waals surface area contributed by atoms with Gasteiger partial charge in [0.25, 0.3) is 0 Å². The van der Waals surface area contributed by atoms with Crippen molar-refractivity contribution in [1.29, 1.82) is 0 Å². The summed E-state index contributed by atoms with van der Waals surface area (Å²) >= 11 is 0. The molecule has 0 bridgehead atoms. The lowest BCUT2D eigenvalue weighted by Gasteiger charge is -2.50. The third-order valence-corrected chi connectivity index (χ3v) is 3.56. The smallest absolute Gasteiger partial charge is 0.155 e. The molecular weight excluding hydrogens is 224 g/mol. The van der Waals surface area contributed by atoms with Gasteiger partial charge in [0.2, 0.25) is 0 Å². The maximum atomic E-state index is 5.42. The Morgan fingerprint density at radius 2 is 1.78 bits per heavy atom. The predicted octanol–water partition coefficient (Wildman–Crippen LogP) is 4.31. The molecule has 1 fully saturated rings. The summed E-state index contributed by atoms with van der Waals surface area (Å²) in [5.41, 5.74) is 3.09. The maximum absolute atomic E-state index is 5.42. The van der Waals surface area contributed by atoms with Crippen LogP contribution in [0.4, 0.5) is 0 Å². The third kappa shape index (κ3) is 2.11. The monoisotopic (exact) mass is 246 g/mol. The Bertz CT molecular complexity index is 453. The van der Waals surface area contributed by atoms with E-state index in [1.807, 2.05) is 6.92 Å². The van der Waals surface area contributed by atoms with Crippen molar-refractivity contribution in [3.8, 4) is 0 Å². The molecule has 2 atom stereocenters. The van der Waals surface area contributed by atoms with Crippen LogP contribution < -0.4 is 0 Å². The molecule has 2 nitrogen and oxygen atoms in total. The van der Waals surface area contributed by atoms with Crippen molar-refractivity contribution in [3.05, 3.63) is 42.0 Å². The second-order valence-corrected chi connectivity index (χ2v) is 6.39. The Balaban J connectivity index is 2.29. The molecule has 0 radical (unpaired) electrons. The largest absolute Gasteiger partial charge is 0.228 e. The molecule has 1 aliphatic heterocycles. The van der Waals surface area contributed by atoms with Crippen LogP contribution in [0.2, 0.25) is 0 Å². The van der Waals surface area contributed by atoms with Gasteiger partial charge in [0.15, 0.2) is 5.60 Å². The SMILES string of the molecule is C=C(C)c1ccc(C2(C)OOC2C(C)(C)C)cc1. The number of rotatable bonds is 2. The molecule has 0 saturated carbocycles. The molecule has 1 saturated heterocycles. The van der Waals surface area contributed by atoms with Gasteiger partial charge in [0, 0.05) is 0 Å². The zero-order valence-corrected chi connectivity index (χ0v) is 11.9. The van der Waals surface area contributed by atoms with Crippen molar-refractivity contribution in [2.75, 3.05) is 0 Å². The van der Waals surface area contributed by atoms with E-state index in [1.54, 1.807) is 0 Å². The standard InChI is InChI=1S/C16H22O2/c1-11(2)12-7-9-13(10-8-12)16(6)14(17-18-16)15(3,4)5/h7-10,14H,1H2,2-6H3. The van der Waals surface area contributed by atoms with Crippen LogP contribution in [0.5, 0.6) is 0 Å². The van der Waals surface area contributed by atoms with E-state index in [1.165, 1.54) is 0 Å². The average molecular weight is 246 g/mol. The van der Waals surface area contributed by atoms with Crippen LogP contribution in [0.15, 0.2) is 30.8 Å². The highest BCUT2D eigenvalue weighted by Crippen LogP contribution is 2.47. The molecule has 0 aromatic heterocycles. The number of benzene rings is 1. The Morgan fingerprint density at radius 3 is 2.11 bits per heavy atom. The summed E-state index contributed by atoms with van der Waals surface area (Å²) in [6.45, 7) is 14.5. The summed E-state index contributed by atoms with van der Waals surface area (Å²) in [4.78, 5) is 10.7. The van der Waals surface area contributed by atoms with E-state index < -0.39 is 0 Å². The van der Waals surface area contributed by atoms with Crippen LogP contribution in [0.3, 0.4) is 0 Å². The molecule has 2 heteroatoms. The Labute approximate surface area is 110 Å². The lowest BCUT2D eigenvalue weighted by Crippen LogP contribution is -2.57. The second-order valence-electron chi connectivity index (χ2n) is 6.39. The van der Waals surface area contributed by atoms with Gasteiger partial charge in [-0.1, -0.05) is 57.2 Å². The van der Waals surface area contributed by atoms with Gasteiger partial charge < -0.3 is 0 Å². The van der Waals surface area contributed by atoms with Crippen LogP contribution in [0, 0.1) is 5.41 Å². The molecule has 98 valence electrons. The van der Waals surface area contributed by atoms with Crippen LogP contribution in [-0.4, -0.2) is 6.10 Å². The highest BCUT2D eigenvalue weighted by atomic mass is 17.3. The van der Waals surface area contributed by atoms with Gasteiger partial charge in [0.05, 0.1) is 0 Å². The van der Waals surface area contributed by atoms with E-state index >= 15 is 0 Å². The molecule has 2 unspecified atom stereocenters. The molecule has 0 aliphatic carbocycles. The first kappa shape index (κ1) is 13.3. The van der Waals surface area contributed by atoms with Crippen molar-refractivity contribution in [2.24, 2.45) is 5.41 Å². The minimum absolute atomic E-state index is 0.0556. The van der Waals surface area contributed by atoms with Crippen LogP contribution in [-0.2, 0) is 15.4 Å². The van der Waals surface area contributed by atoms with Crippen LogP contribution >= 0.6 is 0 Å². The van der Waals surface area contributed by atoms with Gasteiger partial charge in [-0.25, -0.2) is 9.78 Å². The highest BCUT2D eigenvalue weighted by molar-refractivity contribution is 5.61. The van der Waals surface area contributed by atoms with Gasteiger partial charge in [-0.2, -0.15) is 0 Å². The highest BCUT2D eigenvalue weighted by Gasteiger charge is 2.54. The second kappa shape index (κ2) is 4.22. The fraction of sp³-hybridized carbons (Fsp3) is 0.500. The fourth-order valence-corrected chi connectivity index (χ4v) is 2.50. The van der Waals surface area contributed by atoms with Crippen molar-refractivity contribution in [3.63, 3.8) is 0 Å². The van der Waals surface area contributed by atoms with Gasteiger partial charge in [-0.15, -0.1) is 0 Å². The summed E-state index contributed by atoms with van der Waals surface area (Å²) in [6, 6.07) is 8.38. The van der Waals surface area contributed by atoms with Gasteiger partial charge >= 0.3 is 0 Å². The van der Waals surface area contributed by atoms with Gasteiger partial charge in [-0.05, 0) is 30.4 Å². The molecule has 2 rings (SSSR count). The van der Waals surface area contributed by atoms with Gasteiger partial charge in [-0.3, -0.25) is 0 Å². The summed E-state index contributed by atoms with van der Waals surface area (Å²) in [7, 11) is 0. The summed E-state index contributed by atoms with van der Waals surface area (Å²) in [5, 5.41) is 0. The quantitative estimate of drug-likeness (QED) is 0.724. The number of allylic oxidation sites excluding steroid dienone is 1. The molecule has 0 N–H and O–H groups in total. The zero-order valence-electron chi connectivity index (χ0n) is 11.9. The van der Waals surface area contributed by atoms with E-state index in [2.05, 4.69) is 58.5 Å². The first-order chi connectivity index (χ1) is 8.25. The topological polar surface area (TPSA) is 18.5 Å². The minimum Gasteiger partial charge on any atom is -0.228 e. The lowest BCUT2D eigenvalue weighted by molar-refractivity contribution is -0.529. The van der Waals surface area contributed by atoms with Crippen LogP contribution in [0.25, 0.3) is 5.57 Å². The zero-order chi connectivity index (χ0) is 13.6. The summed E-state index contributed by atoms with van der Waals surface area (Å²) < 4.78 is 0. The summed E-state index contributed by atoms with van der Waals surface area (Å²) in [5.74, 6) is 0. The van der Waals surface area contributed by atoms with E-state index in [0.29, 0.717) is 0 Å². The Hall–Kier alpha value is -1.12. The van der Waals surface area contributed by atoms with E-state index in [0.717, 1.165) is 16.7 Å². The molecule has 1 aromatic carbocycles. The van der Waals surface area contributed by atoms with E-state index in [4.69, 9.17) is 9.78 Å². The van der Waals surface area contributed by atoms with E-state index in [9.17, 15) is 0 Å². The molecule has 1 heterocycles. The summed E-state index contributed by atoms with van der Waals surface area (Å²) in [6.07, 6.45) is 0.0701. The first-order valence-electron chi connectivity index (χ1n) is 6.36. The van der Waals surface area contributed by atoms with E-state index in [-0.39, 0.29) is 17.1 Å². The fourth-order valence-electron chi connectivity index (χ4n) is 2.50. The van der Waals surface area contributed by atoms with Crippen molar-refractivity contribution in [2.45, 2.75) is 46.3 Å². The van der Waals surface area contributed by atoms with Crippen molar-refractivity contribution in [1.82, 2.24) is 0 Å². The molecule has 1 aromatic rings. The van der Waals surface area contributed by atoms with Crippen molar-refractivity contribution < 1.29 is 9.78 Å².